The van der Waals surface area contributed by atoms with Crippen LogP contribution in [0, 0.1) is 23.7 Å². The standard InChI is InChI=1S/C31H52N4O6/c1-9-13-35(14-10-2)31(41)21-11-12-22(28(32)38)23(16-21)29(39)34-24(15-18(3)4)26(36)27(37)25(20(7)8)30(40)33-17-19(5)6/h11-12,16,18-20,24-27,36-37H,9-10,13-15,17H2,1-8H3,(H2,32,38)(H,33,40)(H,34,39)/t24-,25+,26+,27+/m0/s1. The van der Waals surface area contributed by atoms with Crippen LogP contribution in [0.25, 0.3) is 0 Å². The van der Waals surface area contributed by atoms with E-state index in [9.17, 15) is 29.4 Å². The number of hydrogen-bond donors (Lipinski definition) is 5. The Morgan fingerprint density at radius 1 is 0.878 bits per heavy atom. The normalized spacial score (nSPS) is 14.5. The molecule has 0 heterocycles. The highest BCUT2D eigenvalue weighted by Gasteiger charge is 2.39. The number of nitrogens with one attached hydrogen (secondary N) is 2. The highest BCUT2D eigenvalue weighted by Crippen LogP contribution is 2.23. The van der Waals surface area contributed by atoms with Crippen LogP contribution in [0.2, 0.25) is 0 Å². The minimum atomic E-state index is -1.48. The van der Waals surface area contributed by atoms with Crippen LogP contribution in [0.4, 0.5) is 0 Å². The molecule has 0 unspecified atom stereocenters. The third-order valence-corrected chi connectivity index (χ3v) is 6.93. The molecule has 1 rings (SSSR count). The Labute approximate surface area is 245 Å². The van der Waals surface area contributed by atoms with Gasteiger partial charge in [0.2, 0.25) is 11.8 Å². The quantitative estimate of drug-likeness (QED) is 0.192. The first kappa shape index (κ1) is 36.0. The number of primary amides is 1. The molecule has 0 fully saturated rings. The van der Waals surface area contributed by atoms with Gasteiger partial charge in [-0.2, -0.15) is 0 Å². The first-order valence-electron chi connectivity index (χ1n) is 14.8. The first-order chi connectivity index (χ1) is 19.2. The van der Waals surface area contributed by atoms with Crippen LogP contribution in [0.1, 0.15) is 106 Å². The number of nitrogens with two attached hydrogens (primary N) is 1. The molecular weight excluding hydrogens is 524 g/mol. The van der Waals surface area contributed by atoms with Crippen LogP contribution in [-0.2, 0) is 4.79 Å². The SMILES string of the molecule is CCCN(CCC)C(=O)c1ccc(C(N)=O)c(C(=O)N[C@@H](CC(C)C)[C@@H](O)[C@H](O)[C@H](C(=O)NCC(C)C)C(C)C)c1. The molecule has 0 spiro atoms. The maximum absolute atomic E-state index is 13.6. The molecule has 4 amide bonds. The lowest BCUT2D eigenvalue weighted by Crippen LogP contribution is -2.54. The van der Waals surface area contributed by atoms with Gasteiger partial charge in [-0.1, -0.05) is 55.4 Å². The number of carbonyl (C=O) groups excluding carboxylic acids is 4. The number of aliphatic hydroxyl groups excluding tert-OH is 2. The summed E-state index contributed by atoms with van der Waals surface area (Å²) in [5, 5.41) is 28.0. The lowest BCUT2D eigenvalue weighted by atomic mass is 9.83. The van der Waals surface area contributed by atoms with Crippen molar-refractivity contribution in [1.82, 2.24) is 15.5 Å². The predicted molar refractivity (Wildman–Crippen MR) is 160 cm³/mol. The summed E-state index contributed by atoms with van der Waals surface area (Å²) < 4.78 is 0. The molecule has 10 heteroatoms. The monoisotopic (exact) mass is 576 g/mol. The molecule has 4 atom stereocenters. The second-order valence-electron chi connectivity index (χ2n) is 12.0. The molecule has 232 valence electrons. The molecule has 1 aromatic rings. The molecule has 10 nitrogen and oxygen atoms in total. The molecule has 0 aliphatic carbocycles. The van der Waals surface area contributed by atoms with Crippen LogP contribution < -0.4 is 16.4 Å². The van der Waals surface area contributed by atoms with E-state index in [-0.39, 0.29) is 52.7 Å². The van der Waals surface area contributed by atoms with Crippen LogP contribution in [0.5, 0.6) is 0 Å². The van der Waals surface area contributed by atoms with Gasteiger partial charge < -0.3 is 31.5 Å². The highest BCUT2D eigenvalue weighted by molar-refractivity contribution is 6.08. The van der Waals surface area contributed by atoms with Crippen molar-refractivity contribution in [3.63, 3.8) is 0 Å². The summed E-state index contributed by atoms with van der Waals surface area (Å²) in [4.78, 5) is 53.6. The molecule has 0 aliphatic rings. The molecule has 0 radical (unpaired) electrons. The number of carbonyl (C=O) groups is 4. The van der Waals surface area contributed by atoms with Crippen molar-refractivity contribution < 1.29 is 29.4 Å². The van der Waals surface area contributed by atoms with E-state index < -0.39 is 36.0 Å². The Morgan fingerprint density at radius 2 is 1.46 bits per heavy atom. The van der Waals surface area contributed by atoms with Crippen molar-refractivity contribution >= 4 is 23.6 Å². The van der Waals surface area contributed by atoms with Crippen LogP contribution in [0.3, 0.4) is 0 Å². The Morgan fingerprint density at radius 3 is 1.93 bits per heavy atom. The molecule has 0 bridgehead atoms. The fraction of sp³-hybridized carbons (Fsp3) is 0.677. The average molecular weight is 577 g/mol. The van der Waals surface area contributed by atoms with Gasteiger partial charge in [0.25, 0.3) is 11.8 Å². The van der Waals surface area contributed by atoms with Crippen molar-refractivity contribution in [3.05, 3.63) is 34.9 Å². The number of benzene rings is 1. The lowest BCUT2D eigenvalue weighted by molar-refractivity contribution is -0.136. The largest absolute Gasteiger partial charge is 0.390 e. The van der Waals surface area contributed by atoms with Gasteiger partial charge in [0.15, 0.2) is 0 Å². The van der Waals surface area contributed by atoms with E-state index in [2.05, 4.69) is 10.6 Å². The summed E-state index contributed by atoms with van der Waals surface area (Å²) in [6.45, 7) is 16.7. The zero-order chi connectivity index (χ0) is 31.4. The van der Waals surface area contributed by atoms with Crippen LogP contribution >= 0.6 is 0 Å². The highest BCUT2D eigenvalue weighted by atomic mass is 16.3. The summed E-state index contributed by atoms with van der Waals surface area (Å²) in [6.07, 6.45) is -1.13. The molecule has 41 heavy (non-hydrogen) atoms. The maximum atomic E-state index is 13.6. The maximum Gasteiger partial charge on any atom is 0.253 e. The third-order valence-electron chi connectivity index (χ3n) is 6.93. The Hall–Kier alpha value is -2.98. The van der Waals surface area contributed by atoms with Crippen molar-refractivity contribution in [2.45, 2.75) is 92.9 Å². The van der Waals surface area contributed by atoms with E-state index in [1.807, 2.05) is 41.5 Å². The van der Waals surface area contributed by atoms with Crippen molar-refractivity contribution in [2.24, 2.45) is 29.4 Å². The molecule has 0 aliphatic heterocycles. The predicted octanol–water partition coefficient (Wildman–Crippen LogP) is 2.96. The number of nitrogens with zero attached hydrogens (tertiary/aromatic N) is 1. The van der Waals surface area contributed by atoms with Gasteiger partial charge >= 0.3 is 0 Å². The van der Waals surface area contributed by atoms with Crippen molar-refractivity contribution in [1.29, 1.82) is 0 Å². The average Bonchev–Trinajstić information content (AvgIpc) is 2.89. The summed E-state index contributed by atoms with van der Waals surface area (Å²) >= 11 is 0. The number of aliphatic hydroxyl groups is 2. The second kappa shape index (κ2) is 17.1. The number of amides is 4. The van der Waals surface area contributed by atoms with Crippen molar-refractivity contribution in [2.75, 3.05) is 19.6 Å². The summed E-state index contributed by atoms with van der Waals surface area (Å²) in [7, 11) is 0. The van der Waals surface area contributed by atoms with Gasteiger partial charge in [0.1, 0.15) is 6.10 Å². The summed E-state index contributed by atoms with van der Waals surface area (Å²) in [5.41, 5.74) is 5.64. The number of rotatable bonds is 17. The van der Waals surface area contributed by atoms with Gasteiger partial charge in [-0.15, -0.1) is 0 Å². The fourth-order valence-electron chi connectivity index (χ4n) is 4.88. The van der Waals surface area contributed by atoms with Gasteiger partial charge in [-0.05, 0) is 55.2 Å². The zero-order valence-corrected chi connectivity index (χ0v) is 26.1. The Balaban J connectivity index is 3.39. The molecule has 0 saturated carbocycles. The minimum absolute atomic E-state index is 0.00888. The van der Waals surface area contributed by atoms with E-state index in [4.69, 9.17) is 5.73 Å². The third kappa shape index (κ3) is 10.7. The van der Waals surface area contributed by atoms with Gasteiger partial charge in [0, 0.05) is 25.2 Å². The Bertz CT molecular complexity index is 1020. The zero-order valence-electron chi connectivity index (χ0n) is 26.1. The van der Waals surface area contributed by atoms with E-state index >= 15 is 0 Å². The molecule has 6 N–H and O–H groups in total. The smallest absolute Gasteiger partial charge is 0.253 e. The summed E-state index contributed by atoms with van der Waals surface area (Å²) in [6, 6.07) is 3.23. The van der Waals surface area contributed by atoms with E-state index in [0.717, 1.165) is 12.8 Å². The fourth-order valence-corrected chi connectivity index (χ4v) is 4.88. The van der Waals surface area contributed by atoms with Crippen LogP contribution in [-0.4, -0.2) is 76.6 Å². The van der Waals surface area contributed by atoms with Crippen LogP contribution in [0.15, 0.2) is 18.2 Å². The minimum Gasteiger partial charge on any atom is -0.390 e. The molecular formula is C31H52N4O6. The summed E-state index contributed by atoms with van der Waals surface area (Å²) in [5.74, 6) is -3.18. The van der Waals surface area contributed by atoms with Gasteiger partial charge in [-0.3, -0.25) is 19.2 Å². The van der Waals surface area contributed by atoms with Gasteiger partial charge in [0.05, 0.1) is 29.2 Å². The lowest BCUT2D eigenvalue weighted by Gasteiger charge is -2.34. The Kier molecular flexibility index (Phi) is 15.0. The second-order valence-corrected chi connectivity index (χ2v) is 12.0. The number of hydrogen-bond acceptors (Lipinski definition) is 6. The molecule has 0 saturated heterocycles. The molecule has 1 aromatic carbocycles. The van der Waals surface area contributed by atoms with E-state index in [1.165, 1.54) is 18.2 Å². The van der Waals surface area contributed by atoms with E-state index in [1.54, 1.807) is 18.7 Å². The molecule has 0 aromatic heterocycles. The topological polar surface area (TPSA) is 162 Å². The van der Waals surface area contributed by atoms with E-state index in [0.29, 0.717) is 19.6 Å². The van der Waals surface area contributed by atoms with Gasteiger partial charge in [-0.25, -0.2) is 0 Å². The first-order valence-corrected chi connectivity index (χ1v) is 14.8. The van der Waals surface area contributed by atoms with Crippen molar-refractivity contribution in [3.8, 4) is 0 Å².